The number of benzene rings is 2. The first-order valence-electron chi connectivity index (χ1n) is 6.61. The summed E-state index contributed by atoms with van der Waals surface area (Å²) in [5.41, 5.74) is 7.22. The predicted octanol–water partition coefficient (Wildman–Crippen LogP) is 1.47. The van der Waals surface area contributed by atoms with Crippen LogP contribution in [0.1, 0.15) is 5.56 Å². The number of fused-ring (bicyclic) bond motifs is 1. The zero-order chi connectivity index (χ0) is 16.1. The van der Waals surface area contributed by atoms with E-state index in [0.717, 1.165) is 9.54 Å². The van der Waals surface area contributed by atoms with Crippen LogP contribution >= 0.6 is 0 Å². The second-order valence-corrected chi connectivity index (χ2v) is 6.96. The summed E-state index contributed by atoms with van der Waals surface area (Å²) in [4.78, 5) is 12.5. The van der Waals surface area contributed by atoms with E-state index in [1.54, 1.807) is 24.3 Å². The summed E-state index contributed by atoms with van der Waals surface area (Å²) in [6.45, 7) is 1.86. The van der Waals surface area contributed by atoms with E-state index in [-0.39, 0.29) is 10.4 Å². The zero-order valence-electron chi connectivity index (χ0n) is 12.1. The smallest absolute Gasteiger partial charge is 0.343 e. The Morgan fingerprint density at radius 1 is 1.00 bits per heavy atom. The second-order valence-electron chi connectivity index (χ2n) is 5.17. The lowest BCUT2D eigenvalue weighted by molar-refractivity contribution is 0.586. The topological polar surface area (TPSA) is 87.1 Å². The molecule has 1 aromatic heterocycles. The molecule has 22 heavy (non-hydrogen) atoms. The molecule has 2 aromatic carbocycles. The van der Waals surface area contributed by atoms with Gasteiger partial charge in [0.25, 0.3) is 10.0 Å². The Balaban J connectivity index is 2.39. The Hall–Kier alpha value is -2.54. The number of imidazole rings is 1. The second kappa shape index (κ2) is 4.74. The SMILES string of the molecule is Cc1ccc(S(=O)(=O)n2c(=O)n(C)c3ccc(N)cc32)cc1. The standard InChI is InChI=1S/C15H15N3O3S/c1-10-3-6-12(7-4-10)22(20,21)18-14-9-11(16)5-8-13(14)17(2)15(18)19/h3-9H,16H2,1-2H3. The van der Waals surface area contributed by atoms with E-state index >= 15 is 0 Å². The third kappa shape index (κ3) is 2.01. The van der Waals surface area contributed by atoms with Crippen LogP contribution in [-0.2, 0) is 17.1 Å². The van der Waals surface area contributed by atoms with Crippen LogP contribution in [0.4, 0.5) is 5.69 Å². The molecule has 6 nitrogen and oxygen atoms in total. The Labute approximate surface area is 127 Å². The van der Waals surface area contributed by atoms with E-state index in [9.17, 15) is 13.2 Å². The fraction of sp³-hybridized carbons (Fsp3) is 0.133. The van der Waals surface area contributed by atoms with E-state index < -0.39 is 15.7 Å². The fourth-order valence-electron chi connectivity index (χ4n) is 2.38. The number of nitrogens with two attached hydrogens (primary N) is 1. The van der Waals surface area contributed by atoms with E-state index in [1.807, 2.05) is 6.92 Å². The highest BCUT2D eigenvalue weighted by Gasteiger charge is 2.24. The molecular weight excluding hydrogens is 302 g/mol. The predicted molar refractivity (Wildman–Crippen MR) is 85.4 cm³/mol. The van der Waals surface area contributed by atoms with Gasteiger partial charge >= 0.3 is 5.69 Å². The molecule has 7 heteroatoms. The van der Waals surface area contributed by atoms with Gasteiger partial charge < -0.3 is 5.73 Å². The number of nitrogen functional groups attached to an aromatic ring is 1. The number of anilines is 1. The van der Waals surface area contributed by atoms with Gasteiger partial charge in [-0.15, -0.1) is 0 Å². The van der Waals surface area contributed by atoms with Crippen molar-refractivity contribution in [2.24, 2.45) is 7.05 Å². The molecule has 114 valence electrons. The third-order valence-electron chi connectivity index (χ3n) is 3.60. The van der Waals surface area contributed by atoms with Crippen LogP contribution in [0.3, 0.4) is 0 Å². The Morgan fingerprint density at radius 2 is 1.64 bits per heavy atom. The molecule has 0 bridgehead atoms. The van der Waals surface area contributed by atoms with Gasteiger partial charge in [0.15, 0.2) is 0 Å². The van der Waals surface area contributed by atoms with E-state index in [0.29, 0.717) is 11.2 Å². The van der Waals surface area contributed by atoms with Crippen LogP contribution in [-0.4, -0.2) is 17.0 Å². The average Bonchev–Trinajstić information content (AvgIpc) is 2.71. The fourth-order valence-corrected chi connectivity index (χ4v) is 3.80. The maximum absolute atomic E-state index is 12.8. The van der Waals surface area contributed by atoms with E-state index in [1.165, 1.54) is 29.8 Å². The highest BCUT2D eigenvalue weighted by molar-refractivity contribution is 7.90. The van der Waals surface area contributed by atoms with Gasteiger partial charge in [0.1, 0.15) is 0 Å². The summed E-state index contributed by atoms with van der Waals surface area (Å²) < 4.78 is 27.7. The zero-order valence-corrected chi connectivity index (χ0v) is 13.0. The highest BCUT2D eigenvalue weighted by atomic mass is 32.2. The summed E-state index contributed by atoms with van der Waals surface area (Å²) >= 11 is 0. The molecular formula is C15H15N3O3S. The summed E-state index contributed by atoms with van der Waals surface area (Å²) in [6.07, 6.45) is 0. The molecule has 0 radical (unpaired) electrons. The minimum absolute atomic E-state index is 0.0649. The average molecular weight is 317 g/mol. The van der Waals surface area contributed by atoms with Crippen LogP contribution < -0.4 is 11.4 Å². The van der Waals surface area contributed by atoms with Gasteiger partial charge in [-0.2, -0.15) is 3.97 Å². The first kappa shape index (κ1) is 14.4. The largest absolute Gasteiger partial charge is 0.399 e. The number of aromatic nitrogens is 2. The number of hydrogen-bond acceptors (Lipinski definition) is 4. The lowest BCUT2D eigenvalue weighted by Crippen LogP contribution is -2.28. The van der Waals surface area contributed by atoms with Crippen molar-refractivity contribution in [2.75, 3.05) is 5.73 Å². The van der Waals surface area contributed by atoms with Crippen molar-refractivity contribution < 1.29 is 8.42 Å². The van der Waals surface area contributed by atoms with Crippen molar-refractivity contribution in [3.8, 4) is 0 Å². The van der Waals surface area contributed by atoms with Gasteiger partial charge in [-0.05, 0) is 37.3 Å². The molecule has 0 saturated heterocycles. The van der Waals surface area contributed by atoms with Gasteiger partial charge in [-0.1, -0.05) is 17.7 Å². The molecule has 0 fully saturated rings. The molecule has 0 unspecified atom stereocenters. The number of hydrogen-bond donors (Lipinski definition) is 1. The van der Waals surface area contributed by atoms with Gasteiger partial charge in [0.05, 0.1) is 15.9 Å². The number of rotatable bonds is 2. The maximum Gasteiger partial charge on any atom is 0.343 e. The van der Waals surface area contributed by atoms with Gasteiger partial charge in [0.2, 0.25) is 0 Å². The highest BCUT2D eigenvalue weighted by Crippen LogP contribution is 2.21. The van der Waals surface area contributed by atoms with Crippen molar-refractivity contribution >= 4 is 26.7 Å². The molecule has 0 aliphatic rings. The third-order valence-corrected chi connectivity index (χ3v) is 5.30. The molecule has 1 heterocycles. The van der Waals surface area contributed by atoms with Gasteiger partial charge in [-0.25, -0.2) is 13.2 Å². The van der Waals surface area contributed by atoms with Crippen molar-refractivity contribution in [2.45, 2.75) is 11.8 Å². The van der Waals surface area contributed by atoms with Crippen LogP contribution in [0.25, 0.3) is 11.0 Å². The Bertz CT molecular complexity index is 1030. The molecule has 3 aromatic rings. The summed E-state index contributed by atoms with van der Waals surface area (Å²) in [7, 11) is -2.45. The van der Waals surface area contributed by atoms with Crippen molar-refractivity contribution in [3.63, 3.8) is 0 Å². The van der Waals surface area contributed by atoms with Crippen molar-refractivity contribution in [1.29, 1.82) is 0 Å². The first-order valence-corrected chi connectivity index (χ1v) is 8.05. The van der Waals surface area contributed by atoms with Gasteiger partial charge in [0, 0.05) is 12.7 Å². The number of aryl methyl sites for hydroxylation is 2. The molecule has 0 aliphatic heterocycles. The molecule has 2 N–H and O–H groups in total. The number of nitrogens with zero attached hydrogens (tertiary/aromatic N) is 2. The molecule has 0 aliphatic carbocycles. The van der Waals surface area contributed by atoms with Crippen LogP contribution in [0.5, 0.6) is 0 Å². The summed E-state index contributed by atoms with van der Waals surface area (Å²) in [5, 5.41) is 0. The monoisotopic (exact) mass is 317 g/mol. The minimum Gasteiger partial charge on any atom is -0.399 e. The van der Waals surface area contributed by atoms with Crippen molar-refractivity contribution in [3.05, 3.63) is 58.5 Å². The molecule has 0 spiro atoms. The quantitative estimate of drug-likeness (QED) is 0.725. The van der Waals surface area contributed by atoms with E-state index in [2.05, 4.69) is 0 Å². The van der Waals surface area contributed by atoms with Crippen LogP contribution in [0, 0.1) is 6.92 Å². The first-order chi connectivity index (χ1) is 10.3. The lowest BCUT2D eigenvalue weighted by Gasteiger charge is -2.06. The minimum atomic E-state index is -3.98. The Morgan fingerprint density at radius 3 is 2.27 bits per heavy atom. The van der Waals surface area contributed by atoms with Crippen LogP contribution in [0.2, 0.25) is 0 Å². The maximum atomic E-state index is 12.8. The van der Waals surface area contributed by atoms with Gasteiger partial charge in [-0.3, -0.25) is 4.57 Å². The summed E-state index contributed by atoms with van der Waals surface area (Å²) in [6, 6.07) is 11.1. The molecule has 0 saturated carbocycles. The Kier molecular flexibility index (Phi) is 3.10. The van der Waals surface area contributed by atoms with Crippen LogP contribution in [0.15, 0.2) is 52.2 Å². The normalized spacial score (nSPS) is 11.9. The summed E-state index contributed by atoms with van der Waals surface area (Å²) in [5.74, 6) is 0. The van der Waals surface area contributed by atoms with Crippen molar-refractivity contribution in [1.82, 2.24) is 8.54 Å². The molecule has 0 amide bonds. The molecule has 3 rings (SSSR count). The molecule has 0 atom stereocenters. The van der Waals surface area contributed by atoms with E-state index in [4.69, 9.17) is 5.73 Å². The lowest BCUT2D eigenvalue weighted by atomic mass is 10.2.